The molecule has 1 aliphatic heterocycles. The van der Waals surface area contributed by atoms with E-state index in [0.717, 1.165) is 25.1 Å². The Bertz CT molecular complexity index is 517. The Kier molecular flexibility index (Phi) is 5.19. The van der Waals surface area contributed by atoms with Crippen molar-refractivity contribution in [3.8, 4) is 0 Å². The summed E-state index contributed by atoms with van der Waals surface area (Å²) >= 11 is 5.91. The van der Waals surface area contributed by atoms with Gasteiger partial charge in [-0.1, -0.05) is 11.6 Å². The second-order valence-electron chi connectivity index (χ2n) is 5.64. The highest BCUT2D eigenvalue weighted by atomic mass is 35.5. The van der Waals surface area contributed by atoms with Crippen LogP contribution >= 0.6 is 11.6 Å². The molecular formula is C14H19ClF3N3O. The van der Waals surface area contributed by atoms with E-state index in [-0.39, 0.29) is 16.4 Å². The van der Waals surface area contributed by atoms with E-state index in [1.807, 2.05) is 14.1 Å². The van der Waals surface area contributed by atoms with Crippen LogP contribution in [-0.2, 0) is 10.9 Å². The summed E-state index contributed by atoms with van der Waals surface area (Å²) in [6, 6.07) is 0.892. The third-order valence-electron chi connectivity index (χ3n) is 4.13. The predicted molar refractivity (Wildman–Crippen MR) is 79.2 cm³/mol. The maximum absolute atomic E-state index is 12.6. The van der Waals surface area contributed by atoms with Crippen LogP contribution in [0.15, 0.2) is 12.3 Å². The number of nitrogens with zero attached hydrogens (tertiary/aromatic N) is 2. The SMILES string of the molecule is CN(C)C1(CNc2ncc(C(F)(F)F)cc2Cl)CCOCC1. The van der Waals surface area contributed by atoms with Gasteiger partial charge in [0.1, 0.15) is 5.82 Å². The molecule has 0 radical (unpaired) electrons. The van der Waals surface area contributed by atoms with Gasteiger partial charge in [-0.15, -0.1) is 0 Å². The first kappa shape index (κ1) is 17.3. The highest BCUT2D eigenvalue weighted by Gasteiger charge is 2.35. The second kappa shape index (κ2) is 6.60. The number of anilines is 1. The molecule has 1 saturated heterocycles. The van der Waals surface area contributed by atoms with Gasteiger partial charge in [-0.25, -0.2) is 4.98 Å². The van der Waals surface area contributed by atoms with Crippen LogP contribution in [0.2, 0.25) is 5.02 Å². The van der Waals surface area contributed by atoms with Gasteiger partial charge in [0.05, 0.1) is 10.6 Å². The molecule has 1 aliphatic rings. The van der Waals surface area contributed by atoms with E-state index in [1.165, 1.54) is 0 Å². The van der Waals surface area contributed by atoms with Crippen LogP contribution in [0.1, 0.15) is 18.4 Å². The molecule has 2 rings (SSSR count). The summed E-state index contributed by atoms with van der Waals surface area (Å²) < 4.78 is 43.2. The molecule has 22 heavy (non-hydrogen) atoms. The maximum Gasteiger partial charge on any atom is 0.417 e. The summed E-state index contributed by atoms with van der Waals surface area (Å²) in [7, 11) is 3.96. The molecule has 0 bridgehead atoms. The zero-order valence-electron chi connectivity index (χ0n) is 12.5. The van der Waals surface area contributed by atoms with Crippen molar-refractivity contribution in [2.24, 2.45) is 0 Å². The van der Waals surface area contributed by atoms with Crippen molar-refractivity contribution in [1.29, 1.82) is 0 Å². The summed E-state index contributed by atoms with van der Waals surface area (Å²) in [5.41, 5.74) is -0.970. The molecule has 0 unspecified atom stereocenters. The Morgan fingerprint density at radius 1 is 1.36 bits per heavy atom. The van der Waals surface area contributed by atoms with Crippen molar-refractivity contribution in [2.75, 3.05) is 39.2 Å². The monoisotopic (exact) mass is 337 g/mol. The van der Waals surface area contributed by atoms with Crippen LogP contribution in [0.25, 0.3) is 0 Å². The van der Waals surface area contributed by atoms with E-state index in [0.29, 0.717) is 19.8 Å². The molecule has 1 aromatic rings. The fraction of sp³-hybridized carbons (Fsp3) is 0.643. The number of likely N-dealkylation sites (N-methyl/N-ethyl adjacent to an activating group) is 1. The van der Waals surface area contributed by atoms with E-state index in [2.05, 4.69) is 15.2 Å². The van der Waals surface area contributed by atoms with E-state index in [1.54, 1.807) is 0 Å². The lowest BCUT2D eigenvalue weighted by Crippen LogP contribution is -2.53. The molecule has 0 aliphatic carbocycles. The molecule has 0 saturated carbocycles. The Hall–Kier alpha value is -1.05. The fourth-order valence-corrected chi connectivity index (χ4v) is 2.74. The largest absolute Gasteiger partial charge is 0.417 e. The highest BCUT2D eigenvalue weighted by Crippen LogP contribution is 2.33. The summed E-state index contributed by atoms with van der Waals surface area (Å²) in [5, 5.41) is 3.04. The lowest BCUT2D eigenvalue weighted by molar-refractivity contribution is -0.137. The quantitative estimate of drug-likeness (QED) is 0.915. The average Bonchev–Trinajstić information content (AvgIpc) is 2.45. The minimum Gasteiger partial charge on any atom is -0.381 e. The molecule has 0 aromatic carbocycles. The topological polar surface area (TPSA) is 37.4 Å². The summed E-state index contributed by atoms with van der Waals surface area (Å²) in [5.74, 6) is 0.266. The smallest absolute Gasteiger partial charge is 0.381 e. The third kappa shape index (κ3) is 3.83. The highest BCUT2D eigenvalue weighted by molar-refractivity contribution is 6.32. The average molecular weight is 338 g/mol. The minimum absolute atomic E-state index is 0.0317. The van der Waals surface area contributed by atoms with Crippen molar-refractivity contribution in [2.45, 2.75) is 24.6 Å². The standard InChI is InChI=1S/C14H19ClF3N3O/c1-21(2)13(3-5-22-6-4-13)9-20-12-11(15)7-10(8-19-12)14(16,17)18/h7-8H,3-6,9H2,1-2H3,(H,19,20). The van der Waals surface area contributed by atoms with Crippen molar-refractivity contribution in [3.63, 3.8) is 0 Å². The van der Waals surface area contributed by atoms with E-state index in [4.69, 9.17) is 16.3 Å². The number of rotatable bonds is 4. The van der Waals surface area contributed by atoms with Gasteiger partial charge in [-0.2, -0.15) is 13.2 Å². The third-order valence-corrected chi connectivity index (χ3v) is 4.41. The van der Waals surface area contributed by atoms with Crippen LogP contribution in [0.3, 0.4) is 0 Å². The number of hydrogen-bond acceptors (Lipinski definition) is 4. The van der Waals surface area contributed by atoms with Crippen LogP contribution < -0.4 is 5.32 Å². The molecule has 8 heteroatoms. The number of alkyl halides is 3. The molecule has 124 valence electrons. The number of hydrogen-bond donors (Lipinski definition) is 1. The Balaban J connectivity index is 2.10. The number of nitrogens with one attached hydrogen (secondary N) is 1. The van der Waals surface area contributed by atoms with Crippen molar-refractivity contribution in [3.05, 3.63) is 22.8 Å². The van der Waals surface area contributed by atoms with Gasteiger partial charge >= 0.3 is 6.18 Å². The van der Waals surface area contributed by atoms with Gasteiger partial charge < -0.3 is 15.0 Å². The first-order chi connectivity index (χ1) is 10.2. The second-order valence-corrected chi connectivity index (χ2v) is 6.04. The predicted octanol–water partition coefficient (Wildman–Crippen LogP) is 3.28. The normalized spacial score (nSPS) is 18.5. The first-order valence-electron chi connectivity index (χ1n) is 6.96. The van der Waals surface area contributed by atoms with Crippen LogP contribution in [0, 0.1) is 0 Å². The Labute approximate surface area is 132 Å². The lowest BCUT2D eigenvalue weighted by atomic mass is 9.88. The molecule has 1 N–H and O–H groups in total. The molecular weight excluding hydrogens is 319 g/mol. The van der Waals surface area contributed by atoms with Gasteiger partial charge in [0.15, 0.2) is 0 Å². The fourth-order valence-electron chi connectivity index (χ4n) is 2.50. The van der Waals surface area contributed by atoms with Crippen LogP contribution in [0.4, 0.5) is 19.0 Å². The van der Waals surface area contributed by atoms with Crippen molar-refractivity contribution < 1.29 is 17.9 Å². The Morgan fingerprint density at radius 2 is 2.00 bits per heavy atom. The van der Waals surface area contributed by atoms with Gasteiger partial charge in [-0.3, -0.25) is 0 Å². The van der Waals surface area contributed by atoms with Gasteiger partial charge in [0.2, 0.25) is 0 Å². The maximum atomic E-state index is 12.6. The van der Waals surface area contributed by atoms with Crippen molar-refractivity contribution in [1.82, 2.24) is 9.88 Å². The van der Waals surface area contributed by atoms with E-state index < -0.39 is 11.7 Å². The lowest BCUT2D eigenvalue weighted by Gasteiger charge is -2.43. The number of aromatic nitrogens is 1. The summed E-state index contributed by atoms with van der Waals surface area (Å²) in [4.78, 5) is 5.92. The number of ether oxygens (including phenoxy) is 1. The van der Waals surface area contributed by atoms with Gasteiger partial charge in [0, 0.05) is 31.5 Å². The molecule has 0 amide bonds. The molecule has 1 fully saturated rings. The van der Waals surface area contributed by atoms with Gasteiger partial charge in [-0.05, 0) is 33.0 Å². The molecule has 0 spiro atoms. The zero-order chi connectivity index (χ0) is 16.4. The summed E-state index contributed by atoms with van der Waals surface area (Å²) in [6.45, 7) is 1.86. The molecule has 4 nitrogen and oxygen atoms in total. The molecule has 2 heterocycles. The van der Waals surface area contributed by atoms with E-state index >= 15 is 0 Å². The Morgan fingerprint density at radius 3 is 2.50 bits per heavy atom. The van der Waals surface area contributed by atoms with Crippen molar-refractivity contribution >= 4 is 17.4 Å². The van der Waals surface area contributed by atoms with Crippen LogP contribution in [-0.4, -0.2) is 49.3 Å². The molecule has 0 atom stereocenters. The first-order valence-corrected chi connectivity index (χ1v) is 7.34. The van der Waals surface area contributed by atoms with Crippen LogP contribution in [0.5, 0.6) is 0 Å². The number of pyridine rings is 1. The molecule has 1 aromatic heterocycles. The summed E-state index contributed by atoms with van der Waals surface area (Å²) in [6.07, 6.45) is -1.97. The zero-order valence-corrected chi connectivity index (χ0v) is 13.3. The number of halogens is 4. The van der Waals surface area contributed by atoms with E-state index in [9.17, 15) is 13.2 Å². The van der Waals surface area contributed by atoms with Gasteiger partial charge in [0.25, 0.3) is 0 Å². The minimum atomic E-state index is -4.44.